The topological polar surface area (TPSA) is 46.5 Å². The van der Waals surface area contributed by atoms with E-state index in [0.717, 1.165) is 35.0 Å². The first-order valence-corrected chi connectivity index (χ1v) is 6.60. The molecule has 0 atom stereocenters. The Bertz CT molecular complexity index is 577. The second-order valence-electron chi connectivity index (χ2n) is 4.28. The average molecular weight is 269 g/mol. The van der Waals surface area contributed by atoms with Crippen molar-refractivity contribution in [2.75, 3.05) is 19.5 Å². The van der Waals surface area contributed by atoms with Crippen LogP contribution in [0.4, 0.5) is 5.82 Å². The van der Waals surface area contributed by atoms with Crippen LogP contribution < -0.4 is 5.32 Å². The van der Waals surface area contributed by atoms with Crippen LogP contribution in [0.1, 0.15) is 13.3 Å². The molecular weight excluding hydrogens is 250 g/mol. The molecule has 2 rings (SSSR count). The van der Waals surface area contributed by atoms with Gasteiger partial charge in [-0.15, -0.1) is 0 Å². The molecule has 20 heavy (non-hydrogen) atoms. The zero-order valence-corrected chi connectivity index (χ0v) is 12.1. The molecule has 0 amide bonds. The third-order valence-corrected chi connectivity index (χ3v) is 3.04. The highest BCUT2D eigenvalue weighted by Gasteiger charge is 2.13. The van der Waals surface area contributed by atoms with Crippen molar-refractivity contribution in [3.05, 3.63) is 59.7 Å². The van der Waals surface area contributed by atoms with Gasteiger partial charge in [0.15, 0.2) is 0 Å². The first-order chi connectivity index (χ1) is 9.78. The van der Waals surface area contributed by atoms with E-state index in [1.807, 2.05) is 36.4 Å². The second kappa shape index (κ2) is 6.70. The molecule has 0 unspecified atom stereocenters. The van der Waals surface area contributed by atoms with Crippen LogP contribution in [0.3, 0.4) is 0 Å². The van der Waals surface area contributed by atoms with E-state index in [2.05, 4.69) is 22.2 Å². The third-order valence-electron chi connectivity index (χ3n) is 3.04. The first-order valence-electron chi connectivity index (χ1n) is 6.60. The minimum atomic E-state index is 0.814. The highest BCUT2D eigenvalue weighted by Crippen LogP contribution is 2.20. The standard InChI is InChI=1S/C16H19N3O/c1-4-15(20-3)13-9-8-12(11-14(13)17-2)19-16-7-5-6-10-18-16/h5-11H,4H2,1-3H3,(H,18,19)/b15-13+,17-14?. The fourth-order valence-corrected chi connectivity index (χ4v) is 2.06. The number of allylic oxidation sites excluding steroid dienone is 5. The van der Waals surface area contributed by atoms with Crippen molar-refractivity contribution < 1.29 is 4.74 Å². The fourth-order valence-electron chi connectivity index (χ4n) is 2.06. The Morgan fingerprint density at radius 2 is 2.20 bits per heavy atom. The van der Waals surface area contributed by atoms with Gasteiger partial charge in [0, 0.05) is 30.9 Å². The van der Waals surface area contributed by atoms with Crippen molar-refractivity contribution in [1.82, 2.24) is 4.98 Å². The maximum Gasteiger partial charge on any atom is 0.130 e. The van der Waals surface area contributed by atoms with Crippen LogP contribution in [0.25, 0.3) is 0 Å². The van der Waals surface area contributed by atoms with Crippen LogP contribution in [-0.2, 0) is 4.74 Å². The van der Waals surface area contributed by atoms with E-state index in [1.165, 1.54) is 0 Å². The molecule has 1 N–H and O–H groups in total. The maximum atomic E-state index is 5.41. The molecule has 1 aromatic heterocycles. The van der Waals surface area contributed by atoms with Crippen LogP contribution in [0.15, 0.2) is 64.6 Å². The van der Waals surface area contributed by atoms with Gasteiger partial charge >= 0.3 is 0 Å². The lowest BCUT2D eigenvalue weighted by Gasteiger charge is -2.16. The van der Waals surface area contributed by atoms with Gasteiger partial charge in [0.05, 0.1) is 12.8 Å². The van der Waals surface area contributed by atoms with Gasteiger partial charge in [-0.05, 0) is 30.4 Å². The third kappa shape index (κ3) is 3.15. The lowest BCUT2D eigenvalue weighted by atomic mass is 10.0. The molecule has 4 heteroatoms. The van der Waals surface area contributed by atoms with Crippen LogP contribution in [-0.4, -0.2) is 24.9 Å². The van der Waals surface area contributed by atoms with Gasteiger partial charge in [0.1, 0.15) is 11.6 Å². The van der Waals surface area contributed by atoms with Gasteiger partial charge in [-0.2, -0.15) is 0 Å². The number of rotatable bonds is 4. The van der Waals surface area contributed by atoms with Crippen molar-refractivity contribution >= 4 is 11.5 Å². The predicted molar refractivity (Wildman–Crippen MR) is 82.8 cm³/mol. The Hall–Kier alpha value is -2.36. The van der Waals surface area contributed by atoms with E-state index in [9.17, 15) is 0 Å². The molecule has 0 saturated heterocycles. The summed E-state index contributed by atoms with van der Waals surface area (Å²) in [4.78, 5) is 8.58. The monoisotopic (exact) mass is 269 g/mol. The minimum Gasteiger partial charge on any atom is -0.500 e. The smallest absolute Gasteiger partial charge is 0.130 e. The van der Waals surface area contributed by atoms with E-state index in [0.29, 0.717) is 0 Å². The summed E-state index contributed by atoms with van der Waals surface area (Å²) in [6.07, 6.45) is 8.63. The zero-order chi connectivity index (χ0) is 14.4. The van der Waals surface area contributed by atoms with Crippen molar-refractivity contribution in [3.8, 4) is 0 Å². The molecule has 0 spiro atoms. The summed E-state index contributed by atoms with van der Waals surface area (Å²) in [5.74, 6) is 1.75. The van der Waals surface area contributed by atoms with Gasteiger partial charge < -0.3 is 10.1 Å². The highest BCUT2D eigenvalue weighted by molar-refractivity contribution is 6.12. The molecule has 0 radical (unpaired) electrons. The van der Waals surface area contributed by atoms with Crippen LogP contribution in [0, 0.1) is 0 Å². The Morgan fingerprint density at radius 3 is 2.80 bits per heavy atom. The van der Waals surface area contributed by atoms with Crippen LogP contribution in [0.2, 0.25) is 0 Å². The van der Waals surface area contributed by atoms with Crippen LogP contribution >= 0.6 is 0 Å². The first kappa shape index (κ1) is 14.1. The summed E-state index contributed by atoms with van der Waals surface area (Å²) in [6.45, 7) is 2.07. The zero-order valence-electron chi connectivity index (χ0n) is 12.1. The molecule has 0 fully saturated rings. The van der Waals surface area contributed by atoms with Gasteiger partial charge in [-0.25, -0.2) is 4.98 Å². The number of methoxy groups -OCH3 is 1. The fraction of sp³-hybridized carbons (Fsp3) is 0.250. The summed E-state index contributed by atoms with van der Waals surface area (Å²) in [5.41, 5.74) is 2.90. The molecule has 0 aliphatic heterocycles. The Morgan fingerprint density at radius 1 is 1.35 bits per heavy atom. The number of aromatic nitrogens is 1. The average Bonchev–Trinajstić information content (AvgIpc) is 2.50. The lowest BCUT2D eigenvalue weighted by molar-refractivity contribution is 0.279. The van der Waals surface area contributed by atoms with Crippen LogP contribution in [0.5, 0.6) is 0 Å². The van der Waals surface area contributed by atoms with E-state index >= 15 is 0 Å². The molecule has 1 heterocycles. The molecule has 0 saturated carbocycles. The lowest BCUT2D eigenvalue weighted by Crippen LogP contribution is -2.11. The predicted octanol–water partition coefficient (Wildman–Crippen LogP) is 3.33. The number of aliphatic imine (C=N–C) groups is 1. The number of nitrogens with one attached hydrogen (secondary N) is 1. The van der Waals surface area contributed by atoms with Crippen molar-refractivity contribution in [1.29, 1.82) is 0 Å². The second-order valence-corrected chi connectivity index (χ2v) is 4.28. The highest BCUT2D eigenvalue weighted by atomic mass is 16.5. The van der Waals surface area contributed by atoms with Crippen molar-refractivity contribution in [2.45, 2.75) is 13.3 Å². The quantitative estimate of drug-likeness (QED) is 0.853. The summed E-state index contributed by atoms with van der Waals surface area (Å²) in [7, 11) is 3.48. The molecule has 1 aliphatic rings. The number of ether oxygens (including phenoxy) is 1. The van der Waals surface area contributed by atoms with E-state index in [1.54, 1.807) is 20.4 Å². The Labute approximate surface area is 119 Å². The van der Waals surface area contributed by atoms with E-state index in [4.69, 9.17) is 4.74 Å². The summed E-state index contributed by atoms with van der Waals surface area (Å²) in [5, 5.41) is 3.26. The molecule has 1 aliphatic carbocycles. The Kier molecular flexibility index (Phi) is 4.71. The SMILES string of the molecule is CC/C(OC)=C1/C=CC(Nc2ccccn2)=CC1=NC. The van der Waals surface area contributed by atoms with Gasteiger partial charge in [-0.3, -0.25) is 4.99 Å². The van der Waals surface area contributed by atoms with Crippen molar-refractivity contribution in [3.63, 3.8) is 0 Å². The molecule has 1 aromatic rings. The van der Waals surface area contributed by atoms with E-state index < -0.39 is 0 Å². The number of hydrogen-bond acceptors (Lipinski definition) is 4. The number of hydrogen-bond donors (Lipinski definition) is 1. The largest absolute Gasteiger partial charge is 0.500 e. The van der Waals surface area contributed by atoms with Crippen molar-refractivity contribution in [2.24, 2.45) is 4.99 Å². The molecular formula is C16H19N3O. The molecule has 0 aromatic carbocycles. The number of nitrogens with zero attached hydrogens (tertiary/aromatic N) is 2. The van der Waals surface area contributed by atoms with Gasteiger partial charge in [-0.1, -0.05) is 13.0 Å². The summed E-state index contributed by atoms with van der Waals surface area (Å²) >= 11 is 0. The maximum absolute atomic E-state index is 5.41. The Balaban J connectivity index is 2.25. The molecule has 104 valence electrons. The number of pyridine rings is 1. The van der Waals surface area contributed by atoms with Gasteiger partial charge in [0.2, 0.25) is 0 Å². The molecule has 0 bridgehead atoms. The molecule has 4 nitrogen and oxygen atoms in total. The summed E-state index contributed by atoms with van der Waals surface area (Å²) < 4.78 is 5.41. The minimum absolute atomic E-state index is 0.814. The summed E-state index contributed by atoms with van der Waals surface area (Å²) in [6, 6.07) is 5.76. The normalized spacial score (nSPS) is 18.8. The van der Waals surface area contributed by atoms with Gasteiger partial charge in [0.25, 0.3) is 0 Å². The number of anilines is 1. The van der Waals surface area contributed by atoms with E-state index in [-0.39, 0.29) is 0 Å².